The van der Waals surface area contributed by atoms with Crippen molar-refractivity contribution >= 4 is 39.3 Å². The summed E-state index contributed by atoms with van der Waals surface area (Å²) in [5.41, 5.74) is 1.09. The van der Waals surface area contributed by atoms with Crippen LogP contribution in [0.15, 0.2) is 47.1 Å². The van der Waals surface area contributed by atoms with Crippen LogP contribution in [0, 0.1) is 0 Å². The second kappa shape index (κ2) is 8.28. The van der Waals surface area contributed by atoms with Crippen molar-refractivity contribution in [2.75, 3.05) is 23.8 Å². The van der Waals surface area contributed by atoms with Crippen molar-refractivity contribution in [3.05, 3.63) is 52.6 Å². The summed E-state index contributed by atoms with van der Waals surface area (Å²) in [6, 6.07) is 10.5. The van der Waals surface area contributed by atoms with E-state index in [-0.39, 0.29) is 12.5 Å². The van der Waals surface area contributed by atoms with Crippen LogP contribution in [0.5, 0.6) is 0 Å². The van der Waals surface area contributed by atoms with E-state index >= 15 is 0 Å². The number of rotatable bonds is 6. The number of carbonyl (C=O) groups is 2. The van der Waals surface area contributed by atoms with Gasteiger partial charge in [-0.25, -0.2) is 9.78 Å². The van der Waals surface area contributed by atoms with Gasteiger partial charge in [-0.1, -0.05) is 15.9 Å². The number of esters is 1. The highest BCUT2D eigenvalue weighted by Crippen LogP contribution is 2.14. The van der Waals surface area contributed by atoms with E-state index < -0.39 is 5.97 Å². The maximum absolute atomic E-state index is 11.8. The molecule has 6 nitrogen and oxygen atoms in total. The van der Waals surface area contributed by atoms with Crippen LogP contribution in [0.4, 0.5) is 11.5 Å². The molecule has 1 amide bonds. The molecule has 23 heavy (non-hydrogen) atoms. The third kappa shape index (κ3) is 5.37. The number of amides is 1. The summed E-state index contributed by atoms with van der Waals surface area (Å²) in [5, 5.41) is 5.65. The number of anilines is 2. The Bertz CT molecular complexity index is 672. The lowest BCUT2D eigenvalue weighted by Crippen LogP contribution is -2.22. The molecule has 0 fully saturated rings. The number of ether oxygens (including phenoxy) is 1. The molecular formula is C16H16BrN3O3. The lowest BCUT2D eigenvalue weighted by molar-refractivity contribution is -0.114. The minimum atomic E-state index is -0.417. The molecule has 1 aromatic carbocycles. The van der Waals surface area contributed by atoms with E-state index in [0.717, 1.165) is 4.47 Å². The van der Waals surface area contributed by atoms with Crippen LogP contribution in [0.1, 0.15) is 17.3 Å². The summed E-state index contributed by atoms with van der Waals surface area (Å²) in [6.07, 6.45) is 1.41. The molecule has 0 aliphatic rings. The molecule has 7 heteroatoms. The number of benzene rings is 1. The molecule has 1 heterocycles. The molecule has 120 valence electrons. The first kappa shape index (κ1) is 17.0. The molecule has 1 aromatic heterocycles. The van der Waals surface area contributed by atoms with Crippen LogP contribution in [-0.4, -0.2) is 30.0 Å². The monoisotopic (exact) mass is 377 g/mol. The summed E-state index contributed by atoms with van der Waals surface area (Å²) >= 11 is 3.33. The fraction of sp³-hybridized carbons (Fsp3) is 0.188. The Balaban J connectivity index is 1.84. The predicted octanol–water partition coefficient (Wildman–Crippen LogP) is 3.07. The summed E-state index contributed by atoms with van der Waals surface area (Å²) in [7, 11) is 0. The van der Waals surface area contributed by atoms with E-state index in [1.54, 1.807) is 31.2 Å². The van der Waals surface area contributed by atoms with Crippen molar-refractivity contribution in [2.45, 2.75) is 6.92 Å². The molecule has 2 rings (SSSR count). The Morgan fingerprint density at radius 2 is 1.91 bits per heavy atom. The van der Waals surface area contributed by atoms with Gasteiger partial charge in [-0.3, -0.25) is 4.79 Å². The molecule has 0 bridgehead atoms. The largest absolute Gasteiger partial charge is 0.462 e. The smallest absolute Gasteiger partial charge is 0.339 e. The van der Waals surface area contributed by atoms with Crippen molar-refractivity contribution in [2.24, 2.45) is 0 Å². The summed E-state index contributed by atoms with van der Waals surface area (Å²) in [4.78, 5) is 27.4. The molecule has 0 aliphatic heterocycles. The van der Waals surface area contributed by atoms with Crippen molar-refractivity contribution < 1.29 is 14.3 Å². The van der Waals surface area contributed by atoms with Gasteiger partial charge < -0.3 is 15.4 Å². The average Bonchev–Trinajstić information content (AvgIpc) is 2.56. The summed E-state index contributed by atoms with van der Waals surface area (Å²) < 4.78 is 5.82. The lowest BCUT2D eigenvalue weighted by atomic mass is 10.3. The van der Waals surface area contributed by atoms with Gasteiger partial charge in [0.1, 0.15) is 5.82 Å². The quantitative estimate of drug-likeness (QED) is 0.756. The molecule has 0 radical (unpaired) electrons. The van der Waals surface area contributed by atoms with E-state index in [0.29, 0.717) is 23.7 Å². The highest BCUT2D eigenvalue weighted by molar-refractivity contribution is 9.10. The van der Waals surface area contributed by atoms with Crippen LogP contribution >= 0.6 is 15.9 Å². The van der Waals surface area contributed by atoms with Gasteiger partial charge in [0.05, 0.1) is 18.7 Å². The van der Waals surface area contributed by atoms with Crippen molar-refractivity contribution in [3.8, 4) is 0 Å². The minimum Gasteiger partial charge on any atom is -0.462 e. The van der Waals surface area contributed by atoms with Crippen LogP contribution in [0.3, 0.4) is 0 Å². The standard InChI is InChI=1S/C16H16BrN3O3/c1-2-23-16(22)11-3-8-14(18-9-11)19-10-15(21)20-13-6-4-12(17)5-7-13/h3-9H,2,10H2,1H3,(H,18,19)(H,20,21). The van der Waals surface area contributed by atoms with Crippen LogP contribution in [0.2, 0.25) is 0 Å². The number of aromatic nitrogens is 1. The molecule has 0 saturated heterocycles. The van der Waals surface area contributed by atoms with E-state index in [9.17, 15) is 9.59 Å². The maximum atomic E-state index is 11.8. The first-order valence-electron chi connectivity index (χ1n) is 7.01. The van der Waals surface area contributed by atoms with Gasteiger partial charge in [0.25, 0.3) is 0 Å². The summed E-state index contributed by atoms with van der Waals surface area (Å²) in [5.74, 6) is -0.105. The Kier molecular flexibility index (Phi) is 6.10. The Morgan fingerprint density at radius 3 is 2.52 bits per heavy atom. The fourth-order valence-electron chi connectivity index (χ4n) is 1.74. The molecule has 2 N–H and O–H groups in total. The number of nitrogens with one attached hydrogen (secondary N) is 2. The first-order valence-corrected chi connectivity index (χ1v) is 7.80. The van der Waals surface area contributed by atoms with Gasteiger partial charge in [-0.15, -0.1) is 0 Å². The van der Waals surface area contributed by atoms with E-state index in [4.69, 9.17) is 4.74 Å². The fourth-order valence-corrected chi connectivity index (χ4v) is 2.01. The van der Waals surface area contributed by atoms with Crippen molar-refractivity contribution in [1.82, 2.24) is 4.98 Å². The van der Waals surface area contributed by atoms with E-state index in [2.05, 4.69) is 31.5 Å². The second-order valence-corrected chi connectivity index (χ2v) is 5.48. The molecule has 0 unspecified atom stereocenters. The Morgan fingerprint density at radius 1 is 1.17 bits per heavy atom. The highest BCUT2D eigenvalue weighted by Gasteiger charge is 2.07. The molecular weight excluding hydrogens is 362 g/mol. The van der Waals surface area contributed by atoms with Gasteiger partial charge in [-0.2, -0.15) is 0 Å². The molecule has 0 spiro atoms. The van der Waals surface area contributed by atoms with Gasteiger partial charge in [0, 0.05) is 16.4 Å². The number of hydrogen-bond donors (Lipinski definition) is 2. The molecule has 2 aromatic rings. The molecule has 0 saturated carbocycles. The minimum absolute atomic E-state index is 0.0712. The van der Waals surface area contributed by atoms with Gasteiger partial charge in [0.15, 0.2) is 0 Å². The lowest BCUT2D eigenvalue weighted by Gasteiger charge is -2.08. The van der Waals surface area contributed by atoms with Gasteiger partial charge in [0.2, 0.25) is 5.91 Å². The third-order valence-corrected chi connectivity index (χ3v) is 3.36. The van der Waals surface area contributed by atoms with Crippen LogP contribution in [-0.2, 0) is 9.53 Å². The van der Waals surface area contributed by atoms with Gasteiger partial charge >= 0.3 is 5.97 Å². The topological polar surface area (TPSA) is 80.3 Å². The van der Waals surface area contributed by atoms with E-state index in [1.807, 2.05) is 12.1 Å². The zero-order valence-corrected chi connectivity index (χ0v) is 14.1. The maximum Gasteiger partial charge on any atom is 0.339 e. The van der Waals surface area contributed by atoms with E-state index in [1.165, 1.54) is 6.20 Å². The molecule has 0 atom stereocenters. The first-order chi connectivity index (χ1) is 11.1. The third-order valence-electron chi connectivity index (χ3n) is 2.83. The number of carbonyl (C=O) groups excluding carboxylic acids is 2. The zero-order chi connectivity index (χ0) is 16.7. The number of hydrogen-bond acceptors (Lipinski definition) is 5. The van der Waals surface area contributed by atoms with Gasteiger partial charge in [-0.05, 0) is 43.3 Å². The SMILES string of the molecule is CCOC(=O)c1ccc(NCC(=O)Nc2ccc(Br)cc2)nc1. The average molecular weight is 378 g/mol. The summed E-state index contributed by atoms with van der Waals surface area (Å²) in [6.45, 7) is 2.13. The molecule has 0 aliphatic carbocycles. The second-order valence-electron chi connectivity index (χ2n) is 4.56. The zero-order valence-electron chi connectivity index (χ0n) is 12.5. The Labute approximate surface area is 142 Å². The van der Waals surface area contributed by atoms with Crippen molar-refractivity contribution in [1.29, 1.82) is 0 Å². The number of pyridine rings is 1. The predicted molar refractivity (Wildman–Crippen MR) is 91.5 cm³/mol. The normalized spacial score (nSPS) is 10.0. The van der Waals surface area contributed by atoms with Crippen LogP contribution in [0.25, 0.3) is 0 Å². The Hall–Kier alpha value is -2.41. The van der Waals surface area contributed by atoms with Crippen molar-refractivity contribution in [3.63, 3.8) is 0 Å². The highest BCUT2D eigenvalue weighted by atomic mass is 79.9. The number of nitrogens with zero attached hydrogens (tertiary/aromatic N) is 1. The number of halogens is 1. The van der Waals surface area contributed by atoms with Crippen LogP contribution < -0.4 is 10.6 Å².